The van der Waals surface area contributed by atoms with Gasteiger partial charge in [-0.25, -0.2) is 0 Å². The molecule has 1 heterocycles. The van der Waals surface area contributed by atoms with E-state index >= 15 is 0 Å². The summed E-state index contributed by atoms with van der Waals surface area (Å²) < 4.78 is 6.07. The molecule has 0 radical (unpaired) electrons. The van der Waals surface area contributed by atoms with Gasteiger partial charge in [0.2, 0.25) is 0 Å². The fourth-order valence-electron chi connectivity index (χ4n) is 3.79. The van der Waals surface area contributed by atoms with Crippen LogP contribution in [0.5, 0.6) is 0 Å². The predicted octanol–water partition coefficient (Wildman–Crippen LogP) is 3.33. The van der Waals surface area contributed by atoms with E-state index in [-0.39, 0.29) is 10.6 Å². The SMILES string of the molecule is CN=C(NCCCOC1CCN(Cc2ccccc2)CC1)NCc1cccc([N+](=O)[O-])c1. The highest BCUT2D eigenvalue weighted by atomic mass is 16.6. The molecule has 32 heavy (non-hydrogen) atoms. The number of guanidine groups is 1. The second kappa shape index (κ2) is 12.8. The van der Waals surface area contributed by atoms with E-state index in [0.717, 1.165) is 57.6 Å². The van der Waals surface area contributed by atoms with Gasteiger partial charge < -0.3 is 15.4 Å². The molecule has 1 fully saturated rings. The molecule has 1 aliphatic rings. The molecule has 0 amide bonds. The smallest absolute Gasteiger partial charge is 0.269 e. The van der Waals surface area contributed by atoms with Gasteiger partial charge in [0.15, 0.2) is 5.96 Å². The Morgan fingerprint density at radius 1 is 1.12 bits per heavy atom. The van der Waals surface area contributed by atoms with Crippen molar-refractivity contribution in [2.75, 3.05) is 33.3 Å². The van der Waals surface area contributed by atoms with E-state index in [2.05, 4.69) is 50.9 Å². The molecular formula is C24H33N5O3. The number of non-ortho nitro benzene ring substituents is 1. The molecule has 2 aromatic carbocycles. The predicted molar refractivity (Wildman–Crippen MR) is 127 cm³/mol. The lowest BCUT2D eigenvalue weighted by Gasteiger charge is -2.32. The van der Waals surface area contributed by atoms with Gasteiger partial charge in [-0.05, 0) is 30.4 Å². The van der Waals surface area contributed by atoms with Crippen molar-refractivity contribution in [3.8, 4) is 0 Å². The molecule has 8 nitrogen and oxygen atoms in total. The van der Waals surface area contributed by atoms with Crippen molar-refractivity contribution >= 4 is 11.6 Å². The number of nitro groups is 1. The Morgan fingerprint density at radius 3 is 2.59 bits per heavy atom. The molecule has 0 unspecified atom stereocenters. The molecule has 0 spiro atoms. The van der Waals surface area contributed by atoms with Crippen molar-refractivity contribution in [2.45, 2.75) is 38.5 Å². The van der Waals surface area contributed by atoms with E-state index in [4.69, 9.17) is 4.74 Å². The number of hydrogen-bond acceptors (Lipinski definition) is 5. The van der Waals surface area contributed by atoms with Crippen molar-refractivity contribution in [3.63, 3.8) is 0 Å². The summed E-state index contributed by atoms with van der Waals surface area (Å²) in [5.41, 5.74) is 2.30. The van der Waals surface area contributed by atoms with E-state index in [1.54, 1.807) is 19.2 Å². The van der Waals surface area contributed by atoms with E-state index in [0.29, 0.717) is 18.6 Å². The Bertz CT molecular complexity index is 867. The summed E-state index contributed by atoms with van der Waals surface area (Å²) in [4.78, 5) is 17.2. The maximum Gasteiger partial charge on any atom is 0.269 e. The van der Waals surface area contributed by atoms with Gasteiger partial charge in [0.05, 0.1) is 11.0 Å². The van der Waals surface area contributed by atoms with Gasteiger partial charge in [0, 0.05) is 58.5 Å². The van der Waals surface area contributed by atoms with E-state index < -0.39 is 0 Å². The molecule has 1 saturated heterocycles. The maximum atomic E-state index is 10.9. The Balaban J connectivity index is 1.26. The lowest BCUT2D eigenvalue weighted by molar-refractivity contribution is -0.384. The first kappa shape index (κ1) is 23.7. The highest BCUT2D eigenvalue weighted by molar-refractivity contribution is 5.79. The highest BCUT2D eigenvalue weighted by Crippen LogP contribution is 2.16. The zero-order valence-electron chi connectivity index (χ0n) is 18.7. The minimum Gasteiger partial charge on any atom is -0.378 e. The Hall–Kier alpha value is -2.97. The Kier molecular flexibility index (Phi) is 9.46. The van der Waals surface area contributed by atoms with Crippen LogP contribution in [0.15, 0.2) is 59.6 Å². The molecule has 2 aromatic rings. The van der Waals surface area contributed by atoms with Crippen LogP contribution >= 0.6 is 0 Å². The molecule has 1 aliphatic heterocycles. The number of hydrogen-bond donors (Lipinski definition) is 2. The summed E-state index contributed by atoms with van der Waals surface area (Å²) in [5, 5.41) is 17.3. The van der Waals surface area contributed by atoms with Crippen LogP contribution in [0.2, 0.25) is 0 Å². The number of benzene rings is 2. The van der Waals surface area contributed by atoms with Crippen LogP contribution in [-0.2, 0) is 17.8 Å². The summed E-state index contributed by atoms with van der Waals surface area (Å²) in [6.07, 6.45) is 3.38. The first-order valence-corrected chi connectivity index (χ1v) is 11.2. The minimum absolute atomic E-state index is 0.0929. The summed E-state index contributed by atoms with van der Waals surface area (Å²) >= 11 is 0. The number of likely N-dealkylation sites (tertiary alicyclic amines) is 1. The first-order valence-electron chi connectivity index (χ1n) is 11.2. The standard InChI is InChI=1S/C24H33N5O3/c1-25-24(27-18-21-9-5-10-22(17-21)29(30)31)26-13-6-16-32-23-11-14-28(15-12-23)19-20-7-3-2-4-8-20/h2-5,7-10,17,23H,6,11-16,18-19H2,1H3,(H2,25,26,27). The zero-order chi connectivity index (χ0) is 22.6. The molecule has 3 rings (SSSR count). The average Bonchev–Trinajstić information content (AvgIpc) is 2.82. The molecule has 172 valence electrons. The molecule has 0 bridgehead atoms. The van der Waals surface area contributed by atoms with Crippen LogP contribution < -0.4 is 10.6 Å². The van der Waals surface area contributed by atoms with E-state index in [1.807, 2.05) is 6.07 Å². The van der Waals surface area contributed by atoms with Gasteiger partial charge in [0.1, 0.15) is 0 Å². The van der Waals surface area contributed by atoms with Crippen LogP contribution in [-0.4, -0.2) is 55.2 Å². The van der Waals surface area contributed by atoms with Gasteiger partial charge in [-0.1, -0.05) is 42.5 Å². The first-order chi connectivity index (χ1) is 15.6. The molecule has 2 N–H and O–H groups in total. The van der Waals surface area contributed by atoms with Gasteiger partial charge in [0.25, 0.3) is 5.69 Å². The van der Waals surface area contributed by atoms with Gasteiger partial charge in [-0.2, -0.15) is 0 Å². The van der Waals surface area contributed by atoms with Gasteiger partial charge in [-0.3, -0.25) is 20.0 Å². The second-order valence-corrected chi connectivity index (χ2v) is 7.97. The van der Waals surface area contributed by atoms with E-state index in [9.17, 15) is 10.1 Å². The number of piperidine rings is 1. The third-order valence-corrected chi connectivity index (χ3v) is 5.56. The van der Waals surface area contributed by atoms with Crippen molar-refractivity contribution in [1.29, 1.82) is 0 Å². The van der Waals surface area contributed by atoms with Crippen molar-refractivity contribution < 1.29 is 9.66 Å². The fraction of sp³-hybridized carbons (Fsp3) is 0.458. The Labute approximate surface area is 189 Å². The lowest BCUT2D eigenvalue weighted by atomic mass is 10.1. The quantitative estimate of drug-likeness (QED) is 0.194. The second-order valence-electron chi connectivity index (χ2n) is 7.97. The van der Waals surface area contributed by atoms with Gasteiger partial charge >= 0.3 is 0 Å². The third kappa shape index (κ3) is 7.94. The molecular weight excluding hydrogens is 406 g/mol. The number of nitrogens with one attached hydrogen (secondary N) is 2. The number of rotatable bonds is 10. The Morgan fingerprint density at radius 2 is 1.88 bits per heavy atom. The van der Waals surface area contributed by atoms with Crippen LogP contribution in [0.3, 0.4) is 0 Å². The molecule has 8 heteroatoms. The number of aliphatic imine (C=N–C) groups is 1. The number of nitrogens with zero attached hydrogens (tertiary/aromatic N) is 3. The minimum atomic E-state index is -0.385. The fourth-order valence-corrected chi connectivity index (χ4v) is 3.79. The van der Waals surface area contributed by atoms with Gasteiger partial charge in [-0.15, -0.1) is 0 Å². The summed E-state index contributed by atoms with van der Waals surface area (Å²) in [6.45, 7) is 5.11. The van der Waals surface area contributed by atoms with Crippen LogP contribution in [0.25, 0.3) is 0 Å². The number of nitro benzene ring substituents is 1. The number of ether oxygens (including phenoxy) is 1. The van der Waals surface area contributed by atoms with Crippen molar-refractivity contribution in [2.24, 2.45) is 4.99 Å². The summed E-state index contributed by atoms with van der Waals surface area (Å²) in [7, 11) is 1.71. The average molecular weight is 440 g/mol. The molecule has 0 aliphatic carbocycles. The maximum absolute atomic E-state index is 10.9. The van der Waals surface area contributed by atoms with Crippen LogP contribution in [0, 0.1) is 10.1 Å². The normalized spacial score (nSPS) is 15.5. The zero-order valence-corrected chi connectivity index (χ0v) is 18.7. The molecule has 0 aromatic heterocycles. The highest BCUT2D eigenvalue weighted by Gasteiger charge is 2.19. The monoisotopic (exact) mass is 439 g/mol. The topological polar surface area (TPSA) is 92.0 Å². The largest absolute Gasteiger partial charge is 0.378 e. The summed E-state index contributed by atoms with van der Waals surface area (Å²) in [6, 6.07) is 17.2. The van der Waals surface area contributed by atoms with Crippen LogP contribution in [0.4, 0.5) is 5.69 Å². The van der Waals surface area contributed by atoms with Crippen molar-refractivity contribution in [1.82, 2.24) is 15.5 Å². The molecule has 0 atom stereocenters. The summed E-state index contributed by atoms with van der Waals surface area (Å²) in [5.74, 6) is 0.672. The van der Waals surface area contributed by atoms with Crippen LogP contribution in [0.1, 0.15) is 30.4 Å². The van der Waals surface area contributed by atoms with E-state index in [1.165, 1.54) is 11.6 Å². The molecule has 0 saturated carbocycles. The third-order valence-electron chi connectivity index (χ3n) is 5.56. The lowest BCUT2D eigenvalue weighted by Crippen LogP contribution is -2.38. The van der Waals surface area contributed by atoms with Crippen molar-refractivity contribution in [3.05, 3.63) is 75.8 Å².